The van der Waals surface area contributed by atoms with Gasteiger partial charge >= 0.3 is 0 Å². The fourth-order valence-electron chi connectivity index (χ4n) is 6.51. The van der Waals surface area contributed by atoms with E-state index < -0.39 is 5.41 Å². The molecule has 0 fully saturated rings. The van der Waals surface area contributed by atoms with Crippen LogP contribution < -0.4 is 5.32 Å². The van der Waals surface area contributed by atoms with Crippen molar-refractivity contribution in [3.63, 3.8) is 0 Å². The molecule has 0 saturated carbocycles. The highest BCUT2D eigenvalue weighted by Gasteiger charge is 2.36. The van der Waals surface area contributed by atoms with Gasteiger partial charge in [-0.05, 0) is 99.4 Å². The van der Waals surface area contributed by atoms with Crippen LogP contribution in [0, 0.1) is 25.7 Å². The summed E-state index contributed by atoms with van der Waals surface area (Å²) in [5.74, 6) is 1.09. The molecule has 0 saturated heterocycles. The van der Waals surface area contributed by atoms with E-state index in [4.69, 9.17) is 4.98 Å². The Morgan fingerprint density at radius 2 is 1.61 bits per heavy atom. The fraction of sp³-hybridized carbons (Fsp3) is 0.486. The number of nitrogens with zero attached hydrogens (tertiary/aromatic N) is 5. The molecular weight excluding hydrogens is 572 g/mol. The lowest BCUT2D eigenvalue weighted by Gasteiger charge is -2.34. The van der Waals surface area contributed by atoms with Crippen LogP contribution in [0.15, 0.2) is 42.7 Å². The molecule has 0 aliphatic rings. The van der Waals surface area contributed by atoms with Crippen LogP contribution in [0.3, 0.4) is 0 Å². The van der Waals surface area contributed by atoms with Crippen LogP contribution in [0.2, 0.25) is 0 Å². The van der Waals surface area contributed by atoms with Gasteiger partial charge in [-0.25, -0.2) is 4.98 Å². The Morgan fingerprint density at radius 3 is 2.28 bits per heavy atom. The van der Waals surface area contributed by atoms with E-state index in [1.54, 1.807) is 0 Å². The van der Waals surface area contributed by atoms with Crippen molar-refractivity contribution in [1.82, 2.24) is 40.6 Å². The van der Waals surface area contributed by atoms with E-state index in [-0.39, 0.29) is 11.8 Å². The number of aryl methyl sites for hydroxylation is 2. The van der Waals surface area contributed by atoms with Gasteiger partial charge in [0.05, 0.1) is 28.5 Å². The molecule has 0 bridgehead atoms. The van der Waals surface area contributed by atoms with Crippen LogP contribution in [0.4, 0.5) is 0 Å². The second-order valence-corrected chi connectivity index (χ2v) is 14.4. The molecule has 0 aliphatic carbocycles. The molecule has 1 aromatic carbocycles. The van der Waals surface area contributed by atoms with E-state index in [1.807, 2.05) is 37.2 Å². The smallest absolute Gasteiger partial charge is 0.234 e. The number of nitrogens with one attached hydrogen (secondary N) is 3. The Bertz CT molecular complexity index is 1780. The minimum Gasteiger partial charge on any atom is -0.353 e. The molecule has 3 N–H and O–H groups in total. The first kappa shape index (κ1) is 33.3. The number of rotatable bonds is 13. The summed E-state index contributed by atoms with van der Waals surface area (Å²) in [6.07, 6.45) is 4.63. The number of pyridine rings is 2. The molecule has 5 aromatic rings. The van der Waals surface area contributed by atoms with Gasteiger partial charge in [0.2, 0.25) is 11.6 Å². The first-order chi connectivity index (χ1) is 21.8. The van der Waals surface area contributed by atoms with Crippen LogP contribution in [0.25, 0.3) is 33.3 Å². The monoisotopic (exact) mass is 622 g/mol. The highest BCUT2D eigenvalue weighted by molar-refractivity contribution is 5.93. The van der Waals surface area contributed by atoms with Crippen molar-refractivity contribution < 1.29 is 4.79 Å². The van der Waals surface area contributed by atoms with E-state index in [9.17, 15) is 4.79 Å². The number of carbonyl (C=O) groups excluding carboxylic acids is 1. The predicted molar refractivity (Wildman–Crippen MR) is 187 cm³/mol. The summed E-state index contributed by atoms with van der Waals surface area (Å²) in [7, 11) is 0. The molecule has 46 heavy (non-hydrogen) atoms. The molecule has 1 atom stereocenters. The number of aromatic nitrogens is 6. The first-order valence-corrected chi connectivity index (χ1v) is 16.6. The molecule has 4 aromatic heterocycles. The molecule has 244 valence electrons. The van der Waals surface area contributed by atoms with Gasteiger partial charge in [0.1, 0.15) is 5.52 Å². The lowest BCUT2D eigenvalue weighted by Crippen LogP contribution is -2.46. The Hall–Kier alpha value is -4.11. The van der Waals surface area contributed by atoms with Gasteiger partial charge in [-0.1, -0.05) is 51.8 Å². The third-order valence-corrected chi connectivity index (χ3v) is 8.63. The number of hydrogen-bond donors (Lipinski definition) is 3. The summed E-state index contributed by atoms with van der Waals surface area (Å²) < 4.78 is 0. The van der Waals surface area contributed by atoms with Crippen molar-refractivity contribution in [2.24, 2.45) is 11.8 Å². The van der Waals surface area contributed by atoms with Crippen molar-refractivity contribution in [3.05, 3.63) is 70.7 Å². The Labute approximate surface area is 273 Å². The fourth-order valence-corrected chi connectivity index (χ4v) is 6.51. The second-order valence-electron chi connectivity index (χ2n) is 14.4. The molecular formula is C37H50N8O. The predicted octanol–water partition coefficient (Wildman–Crippen LogP) is 6.87. The van der Waals surface area contributed by atoms with Gasteiger partial charge < -0.3 is 15.2 Å². The Morgan fingerprint density at radius 1 is 0.913 bits per heavy atom. The average molecular weight is 623 g/mol. The summed E-state index contributed by atoms with van der Waals surface area (Å²) in [5.41, 5.74) is 9.52. The second kappa shape index (κ2) is 13.7. The summed E-state index contributed by atoms with van der Waals surface area (Å²) in [6.45, 7) is 22.3. The molecule has 0 spiro atoms. The number of amides is 1. The zero-order chi connectivity index (χ0) is 33.2. The number of H-pyrrole nitrogens is 2. The van der Waals surface area contributed by atoms with Crippen LogP contribution in [0.1, 0.15) is 82.3 Å². The summed E-state index contributed by atoms with van der Waals surface area (Å²) >= 11 is 0. The molecule has 5 rings (SSSR count). The van der Waals surface area contributed by atoms with Gasteiger partial charge in [-0.15, -0.1) is 5.10 Å². The molecule has 9 heteroatoms. The third kappa shape index (κ3) is 7.30. The van der Waals surface area contributed by atoms with E-state index in [2.05, 4.69) is 103 Å². The topological polar surface area (TPSA) is 115 Å². The Kier molecular flexibility index (Phi) is 9.91. The molecule has 4 heterocycles. The summed E-state index contributed by atoms with van der Waals surface area (Å²) in [6, 6.07) is 10.9. The number of aromatic amines is 2. The molecule has 0 aliphatic heterocycles. The summed E-state index contributed by atoms with van der Waals surface area (Å²) in [4.78, 5) is 29.1. The average Bonchev–Trinajstić information content (AvgIpc) is 3.61. The van der Waals surface area contributed by atoms with E-state index in [0.29, 0.717) is 17.5 Å². The zero-order valence-electron chi connectivity index (χ0n) is 29.0. The van der Waals surface area contributed by atoms with Crippen LogP contribution in [0.5, 0.6) is 0 Å². The molecule has 9 nitrogen and oxygen atoms in total. The maximum absolute atomic E-state index is 14.1. The number of benzene rings is 1. The Balaban J connectivity index is 1.46. The number of fused-ring (bicyclic) bond motifs is 2. The quantitative estimate of drug-likeness (QED) is 0.124. The van der Waals surface area contributed by atoms with Crippen LogP contribution in [-0.2, 0) is 16.6 Å². The van der Waals surface area contributed by atoms with Crippen molar-refractivity contribution >= 4 is 28.0 Å². The van der Waals surface area contributed by atoms with E-state index in [1.165, 1.54) is 22.3 Å². The van der Waals surface area contributed by atoms with E-state index in [0.717, 1.165) is 66.0 Å². The number of hydrogen-bond acceptors (Lipinski definition) is 6. The van der Waals surface area contributed by atoms with Gasteiger partial charge in [0.15, 0.2) is 0 Å². The highest BCUT2D eigenvalue weighted by atomic mass is 16.2. The van der Waals surface area contributed by atoms with Gasteiger partial charge in [-0.2, -0.15) is 10.3 Å². The molecule has 1 amide bonds. The van der Waals surface area contributed by atoms with Crippen molar-refractivity contribution in [2.75, 3.05) is 26.2 Å². The van der Waals surface area contributed by atoms with Gasteiger partial charge in [-0.3, -0.25) is 9.78 Å². The largest absolute Gasteiger partial charge is 0.353 e. The third-order valence-electron chi connectivity index (χ3n) is 8.63. The van der Waals surface area contributed by atoms with E-state index >= 15 is 0 Å². The first-order valence-electron chi connectivity index (χ1n) is 16.6. The van der Waals surface area contributed by atoms with Crippen molar-refractivity contribution in [3.8, 4) is 11.3 Å². The minimum absolute atomic E-state index is 0.126. The highest BCUT2D eigenvalue weighted by Crippen LogP contribution is 2.38. The SMILES string of the molecule is Cc1cc(C)cc(-c2[nH]c3cnc(C(C)(C)C(=O)N(CC(C)C)CC(C)C)cc3c2[C@H](C)CNCCc2cnc3n[nH]nc3c2)c1. The van der Waals surface area contributed by atoms with Gasteiger partial charge in [0, 0.05) is 31.2 Å². The van der Waals surface area contributed by atoms with Crippen LogP contribution in [-0.4, -0.2) is 67.3 Å². The molecule has 0 radical (unpaired) electrons. The zero-order valence-corrected chi connectivity index (χ0v) is 29.0. The number of carbonyl (C=O) groups is 1. The van der Waals surface area contributed by atoms with Gasteiger partial charge in [0.25, 0.3) is 0 Å². The lowest BCUT2D eigenvalue weighted by atomic mass is 9.85. The maximum Gasteiger partial charge on any atom is 0.234 e. The normalized spacial score (nSPS) is 12.9. The van der Waals surface area contributed by atoms with Crippen molar-refractivity contribution in [2.45, 2.75) is 80.1 Å². The van der Waals surface area contributed by atoms with Crippen LogP contribution >= 0.6 is 0 Å². The standard InChI is InChI=1S/C37H50N8O/c1-22(2)20-45(21-23(3)4)36(46)37(8,9)32-16-29-31(19-39-32)41-34(28-13-24(5)12-25(6)14-28)33(29)26(7)17-38-11-10-27-15-30-35(40-18-27)43-44-42-30/h12-16,18-19,22-23,26,38,41H,10-11,17,20-21H2,1-9H3,(H,40,42,43,44)/t26-/m1/s1. The molecule has 0 unspecified atom stereocenters. The van der Waals surface area contributed by atoms with Crippen molar-refractivity contribution in [1.29, 1.82) is 0 Å². The summed E-state index contributed by atoms with van der Waals surface area (Å²) in [5, 5.41) is 15.7. The minimum atomic E-state index is -0.771. The lowest BCUT2D eigenvalue weighted by molar-refractivity contribution is -0.137. The maximum atomic E-state index is 14.1.